The molecule has 0 aromatic carbocycles. The molecule has 0 saturated carbocycles. The smallest absolute Gasteiger partial charge is 0.307 e. The summed E-state index contributed by atoms with van der Waals surface area (Å²) in [5.74, 6) is -2.11. The van der Waals surface area contributed by atoms with Crippen LogP contribution in [0.3, 0.4) is 0 Å². The fourth-order valence-electron chi connectivity index (χ4n) is 2.81. The molecule has 0 aliphatic heterocycles. The molecule has 0 fully saturated rings. The van der Waals surface area contributed by atoms with Crippen molar-refractivity contribution in [3.8, 4) is 0 Å². The van der Waals surface area contributed by atoms with E-state index < -0.39 is 23.8 Å². The van der Waals surface area contributed by atoms with Gasteiger partial charge in [0.1, 0.15) is 9.68 Å². The molecule has 2 atom stereocenters. The van der Waals surface area contributed by atoms with Crippen LogP contribution in [0.5, 0.6) is 0 Å². The van der Waals surface area contributed by atoms with Crippen molar-refractivity contribution in [2.75, 3.05) is 6.61 Å². The minimum Gasteiger partial charge on any atom is -0.511 e. The first-order valence-electron chi connectivity index (χ1n) is 9.26. The summed E-state index contributed by atoms with van der Waals surface area (Å²) in [6.45, 7) is 12.3. The lowest BCUT2D eigenvalue weighted by Crippen LogP contribution is -2.49. The van der Waals surface area contributed by atoms with E-state index in [1.165, 1.54) is 6.92 Å². The van der Waals surface area contributed by atoms with Crippen LogP contribution in [-0.2, 0) is 14.3 Å². The zero-order valence-corrected chi connectivity index (χ0v) is 20.0. The number of hydrogen-bond donors (Lipinski definition) is 2. The van der Waals surface area contributed by atoms with Gasteiger partial charge in [0, 0.05) is 27.2 Å². The maximum atomic E-state index is 11.7. The second kappa shape index (κ2) is 9.70. The van der Waals surface area contributed by atoms with Gasteiger partial charge in [0.25, 0.3) is 0 Å². The van der Waals surface area contributed by atoms with E-state index in [1.54, 1.807) is 6.92 Å². The quantitative estimate of drug-likeness (QED) is 0.116. The highest BCUT2D eigenvalue weighted by Crippen LogP contribution is 2.44. The van der Waals surface area contributed by atoms with E-state index in [0.717, 1.165) is 25.3 Å². The van der Waals surface area contributed by atoms with E-state index in [2.05, 4.69) is 26.6 Å². The number of alkyl halides is 1. The fourth-order valence-corrected chi connectivity index (χ4v) is 4.46. The van der Waals surface area contributed by atoms with Crippen LogP contribution in [0.25, 0.3) is 0 Å². The van der Waals surface area contributed by atoms with Crippen molar-refractivity contribution in [3.63, 3.8) is 0 Å². The van der Waals surface area contributed by atoms with Crippen LogP contribution in [0.1, 0.15) is 46.5 Å². The first kappa shape index (κ1) is 23.7. The van der Waals surface area contributed by atoms with Crippen molar-refractivity contribution in [3.05, 3.63) is 22.7 Å². The van der Waals surface area contributed by atoms with Crippen molar-refractivity contribution in [1.29, 1.82) is 0 Å². The third kappa shape index (κ3) is 6.07. The lowest BCUT2D eigenvalue weighted by molar-refractivity contribution is -0.197. The monoisotopic (exact) mass is 496 g/mol. The van der Waals surface area contributed by atoms with E-state index >= 15 is 0 Å². The number of halogens is 1. The zero-order valence-electron chi connectivity index (χ0n) is 16.8. The van der Waals surface area contributed by atoms with E-state index in [4.69, 9.17) is 9.47 Å². The molecule has 0 heterocycles. The molecule has 0 radical (unpaired) electrons. The molecule has 26 heavy (non-hydrogen) atoms. The second-order valence-electron chi connectivity index (χ2n) is 8.09. The summed E-state index contributed by atoms with van der Waals surface area (Å²) < 4.78 is 10.6. The van der Waals surface area contributed by atoms with E-state index in [-0.39, 0.29) is 11.5 Å². The van der Waals surface area contributed by atoms with Crippen LogP contribution in [0.15, 0.2) is 22.7 Å². The van der Waals surface area contributed by atoms with E-state index in [9.17, 15) is 15.0 Å². The molecular weight excluding hydrogens is 463 g/mol. The number of aliphatic hydroxyl groups is 2. The maximum absolute atomic E-state index is 11.7. The van der Waals surface area contributed by atoms with Gasteiger partial charge in [0.2, 0.25) is 5.79 Å². The SMILES string of the molecule is CCCCCC1=C(OC(C)=O)C(O)(OCC[Si](C)(C)C)C(I)C(O)=C1C. The van der Waals surface area contributed by atoms with Gasteiger partial charge in [-0.25, -0.2) is 0 Å². The van der Waals surface area contributed by atoms with Gasteiger partial charge < -0.3 is 19.7 Å². The van der Waals surface area contributed by atoms with Gasteiger partial charge in [0.15, 0.2) is 5.76 Å². The number of ether oxygens (including phenoxy) is 2. The Bertz CT molecular complexity index is 579. The zero-order chi connectivity index (χ0) is 20.1. The van der Waals surface area contributed by atoms with E-state index in [1.807, 2.05) is 22.6 Å². The van der Waals surface area contributed by atoms with Crippen LogP contribution in [-0.4, -0.2) is 40.6 Å². The van der Waals surface area contributed by atoms with Crippen molar-refractivity contribution in [2.24, 2.45) is 0 Å². The summed E-state index contributed by atoms with van der Waals surface area (Å²) in [7, 11) is -1.36. The van der Waals surface area contributed by atoms with Gasteiger partial charge in [0.05, 0.1) is 0 Å². The topological polar surface area (TPSA) is 76.0 Å². The summed E-state index contributed by atoms with van der Waals surface area (Å²) in [6, 6.07) is 0.862. The summed E-state index contributed by atoms with van der Waals surface area (Å²) >= 11 is 1.96. The number of allylic oxidation sites excluding steroid dienone is 2. The predicted molar refractivity (Wildman–Crippen MR) is 115 cm³/mol. The Hall–Kier alpha value is -0.383. The number of rotatable bonds is 9. The molecule has 1 aliphatic carbocycles. The lowest BCUT2D eigenvalue weighted by atomic mass is 9.88. The molecule has 150 valence electrons. The fraction of sp³-hybridized carbons (Fsp3) is 0.737. The minimum atomic E-state index is -1.84. The molecule has 7 heteroatoms. The molecular formula is C19H33IO5Si. The molecule has 2 N–H and O–H groups in total. The van der Waals surface area contributed by atoms with Gasteiger partial charge in [-0.2, -0.15) is 0 Å². The second-order valence-corrected chi connectivity index (χ2v) is 15.0. The Morgan fingerprint density at radius 1 is 1.31 bits per heavy atom. The minimum absolute atomic E-state index is 0.0866. The van der Waals surface area contributed by atoms with Crippen LogP contribution in [0, 0.1) is 0 Å². The van der Waals surface area contributed by atoms with Gasteiger partial charge in [-0.1, -0.05) is 62.0 Å². The Kier molecular flexibility index (Phi) is 8.83. The largest absolute Gasteiger partial charge is 0.511 e. The van der Waals surface area contributed by atoms with Gasteiger partial charge >= 0.3 is 5.97 Å². The third-order valence-corrected chi connectivity index (χ3v) is 7.61. The molecule has 2 unspecified atom stereocenters. The van der Waals surface area contributed by atoms with E-state index in [0.29, 0.717) is 24.2 Å². The number of carbonyl (C=O) groups is 1. The molecule has 5 nitrogen and oxygen atoms in total. The molecule has 1 rings (SSSR count). The van der Waals surface area contributed by atoms with Gasteiger partial charge in [-0.15, -0.1) is 0 Å². The molecule has 0 aromatic rings. The summed E-state index contributed by atoms with van der Waals surface area (Å²) in [4.78, 5) is 11.7. The van der Waals surface area contributed by atoms with Crippen LogP contribution in [0.2, 0.25) is 25.7 Å². The third-order valence-electron chi connectivity index (χ3n) is 4.47. The van der Waals surface area contributed by atoms with Crippen LogP contribution >= 0.6 is 22.6 Å². The predicted octanol–water partition coefficient (Wildman–Crippen LogP) is 5.08. The van der Waals surface area contributed by atoms with Crippen molar-refractivity contribution < 1.29 is 24.5 Å². The van der Waals surface area contributed by atoms with Gasteiger partial charge in [-0.3, -0.25) is 4.79 Å². The number of carbonyl (C=O) groups excluding carboxylic acids is 1. The molecule has 0 saturated heterocycles. The first-order valence-corrected chi connectivity index (χ1v) is 14.2. The average molecular weight is 496 g/mol. The van der Waals surface area contributed by atoms with Crippen molar-refractivity contribution in [1.82, 2.24) is 0 Å². The number of aliphatic hydroxyl groups excluding tert-OH is 1. The molecule has 0 aromatic heterocycles. The number of hydrogen-bond acceptors (Lipinski definition) is 5. The summed E-state index contributed by atoms with van der Waals surface area (Å²) in [5, 5.41) is 21.9. The molecule has 0 amide bonds. The van der Waals surface area contributed by atoms with Crippen LogP contribution < -0.4 is 0 Å². The van der Waals surface area contributed by atoms with Crippen LogP contribution in [0.4, 0.5) is 0 Å². The van der Waals surface area contributed by atoms with Crippen molar-refractivity contribution >= 4 is 36.6 Å². The molecule has 0 bridgehead atoms. The molecule has 0 spiro atoms. The normalized spacial score (nSPS) is 24.2. The highest BCUT2D eigenvalue weighted by molar-refractivity contribution is 14.1. The Morgan fingerprint density at radius 2 is 1.92 bits per heavy atom. The molecule has 1 aliphatic rings. The summed E-state index contributed by atoms with van der Waals surface area (Å²) in [6.07, 6.45) is 3.58. The average Bonchev–Trinajstić information content (AvgIpc) is 2.52. The standard InChI is InChI=1S/C19H33IO5Si/c1-7-8-9-10-15-13(2)16(22)17(20)19(23,18(15)25-14(3)21)24-11-12-26(4,5)6/h17,22-23H,7-12H2,1-6H3. The van der Waals surface area contributed by atoms with Crippen molar-refractivity contribution in [2.45, 2.75) is 81.9 Å². The number of unbranched alkanes of at least 4 members (excludes halogenated alkanes) is 2. The summed E-state index contributed by atoms with van der Waals surface area (Å²) in [5.41, 5.74) is 1.34. The Morgan fingerprint density at radius 3 is 2.42 bits per heavy atom. The number of esters is 1. The van der Waals surface area contributed by atoms with Gasteiger partial charge in [-0.05, 0) is 31.4 Å². The lowest BCUT2D eigenvalue weighted by Gasteiger charge is -2.39. The maximum Gasteiger partial charge on any atom is 0.307 e. The highest BCUT2D eigenvalue weighted by Gasteiger charge is 2.50. The Labute approximate surface area is 172 Å². The first-order chi connectivity index (χ1) is 11.9. The Balaban J connectivity index is 3.27. The highest BCUT2D eigenvalue weighted by atomic mass is 127.